The van der Waals surface area contributed by atoms with Crippen LogP contribution in [0.5, 0.6) is 0 Å². The number of aliphatic hydroxyl groups excluding tert-OH is 2. The van der Waals surface area contributed by atoms with Crippen LogP contribution in [0.3, 0.4) is 0 Å². The Labute approximate surface area is 152 Å². The highest BCUT2D eigenvalue weighted by molar-refractivity contribution is 5.94. The molecule has 1 fully saturated rings. The molecule has 1 saturated heterocycles. The summed E-state index contributed by atoms with van der Waals surface area (Å²) in [7, 11) is 0. The number of β-amino-alcohol motifs (C(OH)–C–C–N with tert-alkyl or cyclic N) is 1. The number of hydrogen-bond acceptors (Lipinski definition) is 6. The van der Waals surface area contributed by atoms with Crippen molar-refractivity contribution in [3.05, 3.63) is 47.3 Å². The molecule has 1 aliphatic rings. The third-order valence-electron chi connectivity index (χ3n) is 4.48. The van der Waals surface area contributed by atoms with Crippen LogP contribution < -0.4 is 0 Å². The van der Waals surface area contributed by atoms with E-state index in [0.29, 0.717) is 37.4 Å². The largest absolute Gasteiger partial charge is 0.392 e. The predicted molar refractivity (Wildman–Crippen MR) is 95.5 cm³/mol. The third kappa shape index (κ3) is 4.66. The monoisotopic (exact) mass is 359 g/mol. The number of aromatic nitrogens is 3. The molecule has 0 bridgehead atoms. The van der Waals surface area contributed by atoms with Crippen LogP contribution in [0.15, 0.2) is 30.5 Å². The molecule has 1 aromatic carbocycles. The standard InChI is InChI=1S/C18H25N5O3/c1-14(25)10-21-6-8-22(9-7-21)18(26)16-4-2-15(3-5-16)11-23-12-17(13-24)19-20-23/h2-5,12,14,24-25H,6-11,13H2,1H3/t14-/m0/s1. The Morgan fingerprint density at radius 1 is 1.19 bits per heavy atom. The molecule has 0 unspecified atom stereocenters. The maximum atomic E-state index is 12.6. The van der Waals surface area contributed by atoms with E-state index in [-0.39, 0.29) is 18.6 Å². The summed E-state index contributed by atoms with van der Waals surface area (Å²) < 4.78 is 1.66. The van der Waals surface area contributed by atoms with Crippen LogP contribution in [0, 0.1) is 0 Å². The van der Waals surface area contributed by atoms with Crippen molar-refractivity contribution in [2.24, 2.45) is 0 Å². The fourth-order valence-electron chi connectivity index (χ4n) is 3.12. The summed E-state index contributed by atoms with van der Waals surface area (Å²) in [5.41, 5.74) is 2.22. The highest BCUT2D eigenvalue weighted by atomic mass is 16.3. The van der Waals surface area contributed by atoms with Gasteiger partial charge >= 0.3 is 0 Å². The Balaban J connectivity index is 1.55. The van der Waals surface area contributed by atoms with Crippen molar-refractivity contribution in [3.63, 3.8) is 0 Å². The van der Waals surface area contributed by atoms with Crippen molar-refractivity contribution in [1.82, 2.24) is 24.8 Å². The van der Waals surface area contributed by atoms with Crippen LogP contribution >= 0.6 is 0 Å². The number of carbonyl (C=O) groups excluding carboxylic acids is 1. The molecule has 8 heteroatoms. The molecule has 3 rings (SSSR count). The summed E-state index contributed by atoms with van der Waals surface area (Å²) in [4.78, 5) is 16.7. The quantitative estimate of drug-likeness (QED) is 0.751. The van der Waals surface area contributed by atoms with Gasteiger partial charge in [-0.25, -0.2) is 4.68 Å². The second-order valence-corrected chi connectivity index (χ2v) is 6.70. The van der Waals surface area contributed by atoms with E-state index in [9.17, 15) is 9.90 Å². The van der Waals surface area contributed by atoms with Gasteiger partial charge < -0.3 is 15.1 Å². The normalized spacial score (nSPS) is 16.7. The topological polar surface area (TPSA) is 94.7 Å². The first-order valence-electron chi connectivity index (χ1n) is 8.83. The summed E-state index contributed by atoms with van der Waals surface area (Å²) in [6.45, 7) is 5.77. The average Bonchev–Trinajstić information content (AvgIpc) is 3.09. The van der Waals surface area contributed by atoms with E-state index in [0.717, 1.165) is 18.7 Å². The van der Waals surface area contributed by atoms with Crippen molar-refractivity contribution in [3.8, 4) is 0 Å². The fraction of sp³-hybridized carbons (Fsp3) is 0.500. The molecule has 0 spiro atoms. The van der Waals surface area contributed by atoms with Gasteiger partial charge in [-0.3, -0.25) is 9.69 Å². The molecule has 26 heavy (non-hydrogen) atoms. The number of hydrogen-bond donors (Lipinski definition) is 2. The molecular weight excluding hydrogens is 334 g/mol. The van der Waals surface area contributed by atoms with E-state index in [1.165, 1.54) is 0 Å². The molecule has 2 aromatic rings. The van der Waals surface area contributed by atoms with Crippen molar-refractivity contribution >= 4 is 5.91 Å². The summed E-state index contributed by atoms with van der Waals surface area (Å²) in [5, 5.41) is 26.3. The number of piperazine rings is 1. The van der Waals surface area contributed by atoms with Gasteiger partial charge in [0.15, 0.2) is 0 Å². The van der Waals surface area contributed by atoms with E-state index < -0.39 is 0 Å². The molecule has 0 radical (unpaired) electrons. The lowest BCUT2D eigenvalue weighted by atomic mass is 10.1. The lowest BCUT2D eigenvalue weighted by Crippen LogP contribution is -2.50. The van der Waals surface area contributed by atoms with Crippen LogP contribution in [0.2, 0.25) is 0 Å². The molecule has 140 valence electrons. The predicted octanol–water partition coefficient (Wildman–Crippen LogP) is -0.0427. The van der Waals surface area contributed by atoms with Crippen molar-refractivity contribution in [1.29, 1.82) is 0 Å². The van der Waals surface area contributed by atoms with E-state index >= 15 is 0 Å². The molecule has 1 aromatic heterocycles. The zero-order valence-electron chi connectivity index (χ0n) is 15.0. The average molecular weight is 359 g/mol. The van der Waals surface area contributed by atoms with Crippen LogP contribution in [0.4, 0.5) is 0 Å². The molecular formula is C18H25N5O3. The SMILES string of the molecule is C[C@H](O)CN1CCN(C(=O)c2ccc(Cn3cc(CO)nn3)cc2)CC1. The summed E-state index contributed by atoms with van der Waals surface area (Å²) in [5.74, 6) is 0.0385. The fourth-order valence-corrected chi connectivity index (χ4v) is 3.12. The smallest absolute Gasteiger partial charge is 0.253 e. The maximum absolute atomic E-state index is 12.6. The van der Waals surface area contributed by atoms with Crippen molar-refractivity contribution < 1.29 is 15.0 Å². The van der Waals surface area contributed by atoms with Gasteiger partial charge in [-0.1, -0.05) is 17.3 Å². The lowest BCUT2D eigenvalue weighted by Gasteiger charge is -2.35. The molecule has 1 amide bonds. The minimum absolute atomic E-state index is 0.0385. The summed E-state index contributed by atoms with van der Waals surface area (Å²) in [6, 6.07) is 7.50. The molecule has 1 aliphatic heterocycles. The highest BCUT2D eigenvalue weighted by Crippen LogP contribution is 2.12. The summed E-state index contributed by atoms with van der Waals surface area (Å²) >= 11 is 0. The first-order valence-corrected chi connectivity index (χ1v) is 8.83. The number of rotatable bonds is 6. The second kappa shape index (κ2) is 8.39. The summed E-state index contributed by atoms with van der Waals surface area (Å²) in [6.07, 6.45) is 1.36. The Kier molecular flexibility index (Phi) is 5.97. The number of nitrogens with zero attached hydrogens (tertiary/aromatic N) is 5. The first-order chi connectivity index (χ1) is 12.5. The molecule has 1 atom stereocenters. The minimum Gasteiger partial charge on any atom is -0.392 e. The lowest BCUT2D eigenvalue weighted by molar-refractivity contribution is 0.0554. The second-order valence-electron chi connectivity index (χ2n) is 6.70. The number of aliphatic hydroxyl groups is 2. The van der Waals surface area contributed by atoms with Gasteiger partial charge in [-0.05, 0) is 24.6 Å². The Morgan fingerprint density at radius 2 is 1.88 bits per heavy atom. The van der Waals surface area contributed by atoms with E-state index in [1.807, 2.05) is 29.2 Å². The third-order valence-corrected chi connectivity index (χ3v) is 4.48. The van der Waals surface area contributed by atoms with Gasteiger partial charge in [0.2, 0.25) is 0 Å². The first kappa shape index (κ1) is 18.5. The maximum Gasteiger partial charge on any atom is 0.253 e. The van der Waals surface area contributed by atoms with E-state index in [1.54, 1.807) is 17.8 Å². The Morgan fingerprint density at radius 3 is 2.46 bits per heavy atom. The highest BCUT2D eigenvalue weighted by Gasteiger charge is 2.22. The van der Waals surface area contributed by atoms with Crippen LogP contribution in [-0.2, 0) is 13.2 Å². The molecule has 2 N–H and O–H groups in total. The molecule has 8 nitrogen and oxygen atoms in total. The van der Waals surface area contributed by atoms with Crippen molar-refractivity contribution in [2.75, 3.05) is 32.7 Å². The molecule has 0 aliphatic carbocycles. The minimum atomic E-state index is -0.344. The van der Waals surface area contributed by atoms with Gasteiger partial charge in [-0.2, -0.15) is 0 Å². The van der Waals surface area contributed by atoms with E-state index in [2.05, 4.69) is 15.2 Å². The van der Waals surface area contributed by atoms with E-state index in [4.69, 9.17) is 5.11 Å². The van der Waals surface area contributed by atoms with Gasteiger partial charge in [0, 0.05) is 38.3 Å². The van der Waals surface area contributed by atoms with Crippen molar-refractivity contribution in [2.45, 2.75) is 26.2 Å². The van der Waals surface area contributed by atoms with Gasteiger partial charge in [-0.15, -0.1) is 5.10 Å². The Hall–Kier alpha value is -2.29. The van der Waals surface area contributed by atoms with Crippen LogP contribution in [-0.4, -0.2) is 79.7 Å². The van der Waals surface area contributed by atoms with Crippen LogP contribution in [0.1, 0.15) is 28.5 Å². The number of amides is 1. The Bertz CT molecular complexity index is 721. The zero-order chi connectivity index (χ0) is 18.5. The van der Waals surface area contributed by atoms with Gasteiger partial charge in [0.05, 0.1) is 25.5 Å². The number of carbonyl (C=O) groups is 1. The van der Waals surface area contributed by atoms with Gasteiger partial charge in [0.25, 0.3) is 5.91 Å². The molecule has 2 heterocycles. The van der Waals surface area contributed by atoms with Gasteiger partial charge in [0.1, 0.15) is 5.69 Å². The number of benzene rings is 1. The zero-order valence-corrected chi connectivity index (χ0v) is 15.0. The molecule has 0 saturated carbocycles. The van der Waals surface area contributed by atoms with Crippen LogP contribution in [0.25, 0.3) is 0 Å².